The zero-order valence-corrected chi connectivity index (χ0v) is 14.2. The van der Waals surface area contributed by atoms with Gasteiger partial charge in [-0.15, -0.1) is 0 Å². The molecule has 6 nitrogen and oxygen atoms in total. The molecule has 7 heteroatoms. The van der Waals surface area contributed by atoms with Crippen LogP contribution in [0.2, 0.25) is 0 Å². The summed E-state index contributed by atoms with van der Waals surface area (Å²) in [4.78, 5) is 16.0. The van der Waals surface area contributed by atoms with Gasteiger partial charge in [0.2, 0.25) is 15.9 Å². The van der Waals surface area contributed by atoms with E-state index in [0.717, 1.165) is 11.8 Å². The number of anilines is 1. The highest BCUT2D eigenvalue weighted by atomic mass is 32.2. The minimum absolute atomic E-state index is 0.210. The molecule has 0 spiro atoms. The maximum absolute atomic E-state index is 11.9. The molecule has 2 rings (SSSR count). The second kappa shape index (κ2) is 7.74. The van der Waals surface area contributed by atoms with Crippen LogP contribution in [0, 0.1) is 0 Å². The van der Waals surface area contributed by atoms with Gasteiger partial charge in [-0.1, -0.05) is 18.2 Å². The summed E-state index contributed by atoms with van der Waals surface area (Å²) in [5, 5.41) is 2.84. The standard InChI is InChI=1S/C17H19N3O3S/c1-13(14-6-8-16(9-7-14)20-24(2,22)23)19-17(21)11-10-15-5-3-4-12-18-15/h3-13,20H,1-2H3,(H,19,21)/b11-10+/t13-/m0/s1. The van der Waals surface area contributed by atoms with Crippen LogP contribution in [0.15, 0.2) is 54.7 Å². The van der Waals surface area contributed by atoms with E-state index in [1.165, 1.54) is 6.08 Å². The molecule has 1 heterocycles. The molecule has 126 valence electrons. The summed E-state index contributed by atoms with van der Waals surface area (Å²) in [7, 11) is -3.30. The van der Waals surface area contributed by atoms with Crippen molar-refractivity contribution in [2.75, 3.05) is 11.0 Å². The molecule has 1 amide bonds. The Morgan fingerprint density at radius 3 is 2.46 bits per heavy atom. The molecular formula is C17H19N3O3S. The quantitative estimate of drug-likeness (QED) is 0.787. The summed E-state index contributed by atoms with van der Waals surface area (Å²) in [6.45, 7) is 1.85. The molecule has 0 aliphatic rings. The summed E-state index contributed by atoms with van der Waals surface area (Å²) in [6.07, 6.45) is 5.82. The van der Waals surface area contributed by atoms with Crippen molar-refractivity contribution in [1.82, 2.24) is 10.3 Å². The Kier molecular flexibility index (Phi) is 5.70. The molecule has 0 fully saturated rings. The Bertz CT molecular complexity index is 816. The number of carbonyl (C=O) groups is 1. The molecule has 0 radical (unpaired) electrons. The number of carbonyl (C=O) groups excluding carboxylic acids is 1. The van der Waals surface area contributed by atoms with Gasteiger partial charge in [0.05, 0.1) is 18.0 Å². The predicted molar refractivity (Wildman–Crippen MR) is 94.7 cm³/mol. The Morgan fingerprint density at radius 2 is 1.88 bits per heavy atom. The van der Waals surface area contributed by atoms with Crippen LogP contribution >= 0.6 is 0 Å². The highest BCUT2D eigenvalue weighted by molar-refractivity contribution is 7.92. The van der Waals surface area contributed by atoms with Gasteiger partial charge < -0.3 is 5.32 Å². The normalized spacial score (nSPS) is 12.8. The Labute approximate surface area is 141 Å². The van der Waals surface area contributed by atoms with Crippen molar-refractivity contribution in [3.63, 3.8) is 0 Å². The van der Waals surface area contributed by atoms with Crippen LogP contribution < -0.4 is 10.0 Å². The van der Waals surface area contributed by atoms with Gasteiger partial charge in [-0.2, -0.15) is 0 Å². The van der Waals surface area contributed by atoms with E-state index in [0.29, 0.717) is 11.4 Å². The zero-order chi connectivity index (χ0) is 17.6. The van der Waals surface area contributed by atoms with E-state index >= 15 is 0 Å². The number of pyridine rings is 1. The summed E-state index contributed by atoms with van der Waals surface area (Å²) < 4.78 is 24.7. The lowest BCUT2D eigenvalue weighted by Gasteiger charge is -2.13. The fourth-order valence-electron chi connectivity index (χ4n) is 2.03. The first kappa shape index (κ1) is 17.7. The van der Waals surface area contributed by atoms with Gasteiger partial charge in [-0.25, -0.2) is 8.42 Å². The molecule has 1 aromatic carbocycles. The van der Waals surface area contributed by atoms with Crippen LogP contribution in [-0.4, -0.2) is 25.6 Å². The first-order valence-corrected chi connectivity index (χ1v) is 9.20. The van der Waals surface area contributed by atoms with Crippen molar-refractivity contribution in [2.24, 2.45) is 0 Å². The van der Waals surface area contributed by atoms with E-state index in [-0.39, 0.29) is 11.9 Å². The topological polar surface area (TPSA) is 88.2 Å². The van der Waals surface area contributed by atoms with Gasteiger partial charge in [0.1, 0.15) is 0 Å². The number of sulfonamides is 1. The zero-order valence-electron chi connectivity index (χ0n) is 13.4. The van der Waals surface area contributed by atoms with Gasteiger partial charge in [-0.3, -0.25) is 14.5 Å². The molecule has 0 saturated carbocycles. The third-order valence-electron chi connectivity index (χ3n) is 3.17. The van der Waals surface area contributed by atoms with Gasteiger partial charge >= 0.3 is 0 Å². The van der Waals surface area contributed by atoms with Gasteiger partial charge in [0.15, 0.2) is 0 Å². The summed E-state index contributed by atoms with van der Waals surface area (Å²) >= 11 is 0. The van der Waals surface area contributed by atoms with Crippen LogP contribution in [-0.2, 0) is 14.8 Å². The van der Waals surface area contributed by atoms with E-state index < -0.39 is 10.0 Å². The van der Waals surface area contributed by atoms with E-state index in [1.54, 1.807) is 42.6 Å². The van der Waals surface area contributed by atoms with Crippen molar-refractivity contribution >= 4 is 27.7 Å². The first-order chi connectivity index (χ1) is 11.3. The Hall–Kier alpha value is -2.67. The Morgan fingerprint density at radius 1 is 1.17 bits per heavy atom. The molecule has 0 saturated heterocycles. The molecule has 0 unspecified atom stereocenters. The maximum Gasteiger partial charge on any atom is 0.244 e. The fourth-order valence-corrected chi connectivity index (χ4v) is 2.60. The van der Waals surface area contributed by atoms with E-state index in [4.69, 9.17) is 0 Å². The predicted octanol–water partition coefficient (Wildman–Crippen LogP) is 2.34. The summed E-state index contributed by atoms with van der Waals surface area (Å²) in [6, 6.07) is 12.1. The molecule has 2 N–H and O–H groups in total. The molecular weight excluding hydrogens is 326 g/mol. The highest BCUT2D eigenvalue weighted by Gasteiger charge is 2.08. The van der Waals surface area contributed by atoms with Crippen LogP contribution in [0.5, 0.6) is 0 Å². The molecule has 0 aliphatic heterocycles. The minimum atomic E-state index is -3.30. The number of rotatable bonds is 6. The minimum Gasteiger partial charge on any atom is -0.346 e. The van der Waals surface area contributed by atoms with Crippen LogP contribution in [0.25, 0.3) is 6.08 Å². The lowest BCUT2D eigenvalue weighted by atomic mass is 10.1. The number of hydrogen-bond donors (Lipinski definition) is 2. The number of nitrogens with zero attached hydrogens (tertiary/aromatic N) is 1. The third-order valence-corrected chi connectivity index (χ3v) is 3.77. The molecule has 1 atom stereocenters. The van der Waals surface area contributed by atoms with Gasteiger partial charge in [-0.05, 0) is 42.8 Å². The largest absolute Gasteiger partial charge is 0.346 e. The molecule has 1 aromatic heterocycles. The van der Waals surface area contributed by atoms with Crippen molar-refractivity contribution in [3.05, 3.63) is 66.0 Å². The summed E-state index contributed by atoms with van der Waals surface area (Å²) in [5.74, 6) is -0.230. The smallest absolute Gasteiger partial charge is 0.244 e. The SMILES string of the molecule is C[C@H](NC(=O)/C=C/c1ccccn1)c1ccc(NS(C)(=O)=O)cc1. The number of amides is 1. The molecule has 2 aromatic rings. The van der Waals surface area contributed by atoms with Gasteiger partial charge in [0, 0.05) is 18.0 Å². The number of benzene rings is 1. The van der Waals surface area contributed by atoms with Gasteiger partial charge in [0.25, 0.3) is 0 Å². The maximum atomic E-state index is 11.9. The second-order valence-corrected chi connectivity index (χ2v) is 7.06. The van der Waals surface area contributed by atoms with Crippen LogP contribution in [0.3, 0.4) is 0 Å². The van der Waals surface area contributed by atoms with E-state index in [1.807, 2.05) is 19.1 Å². The number of nitrogens with one attached hydrogen (secondary N) is 2. The lowest BCUT2D eigenvalue weighted by molar-refractivity contribution is -0.117. The molecule has 24 heavy (non-hydrogen) atoms. The number of hydrogen-bond acceptors (Lipinski definition) is 4. The van der Waals surface area contributed by atoms with Crippen molar-refractivity contribution in [2.45, 2.75) is 13.0 Å². The highest BCUT2D eigenvalue weighted by Crippen LogP contribution is 2.16. The average molecular weight is 345 g/mol. The lowest BCUT2D eigenvalue weighted by Crippen LogP contribution is -2.24. The van der Waals surface area contributed by atoms with Crippen molar-refractivity contribution < 1.29 is 13.2 Å². The van der Waals surface area contributed by atoms with Crippen LogP contribution in [0.1, 0.15) is 24.2 Å². The van der Waals surface area contributed by atoms with Crippen molar-refractivity contribution in [1.29, 1.82) is 0 Å². The van der Waals surface area contributed by atoms with Crippen molar-refractivity contribution in [3.8, 4) is 0 Å². The fraction of sp³-hybridized carbons (Fsp3) is 0.176. The first-order valence-electron chi connectivity index (χ1n) is 7.31. The monoisotopic (exact) mass is 345 g/mol. The van der Waals surface area contributed by atoms with Crippen LogP contribution in [0.4, 0.5) is 5.69 Å². The van der Waals surface area contributed by atoms with E-state index in [2.05, 4.69) is 15.0 Å². The molecule has 0 bridgehead atoms. The second-order valence-electron chi connectivity index (χ2n) is 5.31. The molecule has 0 aliphatic carbocycles. The van der Waals surface area contributed by atoms with E-state index in [9.17, 15) is 13.2 Å². The number of aromatic nitrogens is 1. The third kappa shape index (κ3) is 5.85. The Balaban J connectivity index is 1.95. The summed E-state index contributed by atoms with van der Waals surface area (Å²) in [5.41, 5.74) is 2.06. The average Bonchev–Trinajstić information content (AvgIpc) is 2.53.